The summed E-state index contributed by atoms with van der Waals surface area (Å²) in [5.74, 6) is 1.05. The van der Waals surface area contributed by atoms with Gasteiger partial charge >= 0.3 is 5.69 Å². The number of benzene rings is 7. The third kappa shape index (κ3) is 10.1. The summed E-state index contributed by atoms with van der Waals surface area (Å²) >= 11 is 0. The smallest absolute Gasteiger partial charge is 0.330 e. The van der Waals surface area contributed by atoms with E-state index in [1.807, 2.05) is 119 Å². The van der Waals surface area contributed by atoms with Gasteiger partial charge in [0.1, 0.15) is 35.3 Å². The number of aromatic amines is 1. The summed E-state index contributed by atoms with van der Waals surface area (Å²) in [6.45, 7) is 8.11. The minimum Gasteiger partial charge on any atom is -0.497 e. The second-order valence-corrected chi connectivity index (χ2v) is 20.2. The molecule has 0 aliphatic carbocycles. The Balaban J connectivity index is 1.19. The monoisotopic (exact) mass is 1000 g/mol. The Morgan fingerprint density at radius 2 is 1.36 bits per heavy atom. The highest BCUT2D eigenvalue weighted by Crippen LogP contribution is 2.52. The van der Waals surface area contributed by atoms with Crippen LogP contribution in [0.1, 0.15) is 62.6 Å². The third-order valence-electron chi connectivity index (χ3n) is 13.7. The molecule has 2 heterocycles. The minimum atomic E-state index is -1.97. The van der Waals surface area contributed by atoms with E-state index in [4.69, 9.17) is 28.0 Å². The van der Waals surface area contributed by atoms with E-state index in [1.165, 1.54) is 16.8 Å². The van der Waals surface area contributed by atoms with Gasteiger partial charge in [-0.2, -0.15) is 5.26 Å². The number of likely N-dealkylation sites (N-methyl/N-ethyl adjacent to an activating group) is 1. The summed E-state index contributed by atoms with van der Waals surface area (Å²) in [5, 5.41) is 16.2. The number of aromatic nitrogens is 2. The van der Waals surface area contributed by atoms with Crippen LogP contribution >= 0.6 is 8.53 Å². The van der Waals surface area contributed by atoms with Crippen molar-refractivity contribution in [2.45, 2.75) is 82.7 Å². The van der Waals surface area contributed by atoms with Crippen LogP contribution in [0.15, 0.2) is 155 Å². The third-order valence-corrected chi connectivity index (χ3v) is 15.9. The van der Waals surface area contributed by atoms with E-state index in [9.17, 15) is 14.9 Å². The van der Waals surface area contributed by atoms with Crippen LogP contribution in [-0.2, 0) is 35.3 Å². The van der Waals surface area contributed by atoms with Gasteiger partial charge in [0.15, 0.2) is 6.23 Å². The number of amides is 1. The number of carbonyl (C=O) groups excluding carboxylic acids is 1. The highest BCUT2D eigenvalue weighted by Gasteiger charge is 2.53. The van der Waals surface area contributed by atoms with Crippen LogP contribution in [0.4, 0.5) is 0 Å². The molecule has 0 saturated carbocycles. The van der Waals surface area contributed by atoms with Gasteiger partial charge in [0, 0.05) is 31.4 Å². The van der Waals surface area contributed by atoms with Crippen molar-refractivity contribution >= 4 is 46.8 Å². The Morgan fingerprint density at radius 1 is 0.767 bits per heavy atom. The summed E-state index contributed by atoms with van der Waals surface area (Å²) in [4.78, 5) is 45.9. The Kier molecular flexibility index (Phi) is 15.4. The highest BCUT2D eigenvalue weighted by atomic mass is 31.2. The van der Waals surface area contributed by atoms with Gasteiger partial charge < -0.3 is 32.9 Å². The van der Waals surface area contributed by atoms with Crippen molar-refractivity contribution in [1.82, 2.24) is 19.1 Å². The first kappa shape index (κ1) is 51.0. The molecule has 1 aliphatic rings. The summed E-state index contributed by atoms with van der Waals surface area (Å²) < 4.78 is 43.1. The van der Waals surface area contributed by atoms with E-state index >= 15 is 4.79 Å². The van der Waals surface area contributed by atoms with Gasteiger partial charge in [-0.15, -0.1) is 0 Å². The molecule has 0 bridgehead atoms. The maximum absolute atomic E-state index is 15.3. The molecule has 15 heteroatoms. The van der Waals surface area contributed by atoms with Crippen LogP contribution in [0.2, 0.25) is 0 Å². The first-order chi connectivity index (χ1) is 35.4. The van der Waals surface area contributed by atoms with E-state index in [1.54, 1.807) is 26.2 Å². The Bertz CT molecular complexity index is 3270. The minimum absolute atomic E-state index is 0.00585. The van der Waals surface area contributed by atoms with E-state index < -0.39 is 49.9 Å². The van der Waals surface area contributed by atoms with Gasteiger partial charge in [0.2, 0.25) is 5.91 Å². The molecule has 1 N–H and O–H groups in total. The van der Waals surface area contributed by atoms with Crippen molar-refractivity contribution < 1.29 is 32.8 Å². The molecule has 1 saturated heterocycles. The average Bonchev–Trinajstić information content (AvgIpc) is 3.75. The van der Waals surface area contributed by atoms with Crippen molar-refractivity contribution in [3.05, 3.63) is 189 Å². The number of hydrogen-bond donors (Lipinski definition) is 1. The average molecular weight is 1000 g/mol. The topological polar surface area (TPSA) is 158 Å². The second kappa shape index (κ2) is 22.0. The Labute approximate surface area is 425 Å². The number of nitrogens with zero attached hydrogens (tertiary/aromatic N) is 4. The molecule has 1 aliphatic heterocycles. The van der Waals surface area contributed by atoms with Crippen LogP contribution in [0.3, 0.4) is 0 Å². The normalized spacial score (nSPS) is 17.5. The quantitative estimate of drug-likeness (QED) is 0.0335. The fraction of sp³-hybridized carbons (Fsp3) is 0.310. The molecule has 1 aromatic heterocycles. The van der Waals surface area contributed by atoms with Crippen LogP contribution in [0, 0.1) is 11.3 Å². The number of hydrogen-bond acceptors (Lipinski definition) is 11. The van der Waals surface area contributed by atoms with Crippen molar-refractivity contribution in [3.63, 3.8) is 0 Å². The Hall–Kier alpha value is -6.95. The lowest BCUT2D eigenvalue weighted by atomic mass is 9.80. The number of nitrogens with one attached hydrogen (secondary N) is 1. The van der Waals surface area contributed by atoms with E-state index in [0.29, 0.717) is 11.5 Å². The molecule has 1 fully saturated rings. The molecular formula is C58H60N5O9P. The maximum Gasteiger partial charge on any atom is 0.330 e. The summed E-state index contributed by atoms with van der Waals surface area (Å²) in [7, 11) is 2.96. The Morgan fingerprint density at radius 3 is 1.95 bits per heavy atom. The van der Waals surface area contributed by atoms with E-state index in [0.717, 1.165) is 54.6 Å². The van der Waals surface area contributed by atoms with Gasteiger partial charge in [-0.3, -0.25) is 19.1 Å². The van der Waals surface area contributed by atoms with Gasteiger partial charge in [-0.05, 0) is 107 Å². The van der Waals surface area contributed by atoms with Gasteiger partial charge in [-0.25, -0.2) is 9.46 Å². The molecule has 7 aromatic carbocycles. The van der Waals surface area contributed by atoms with Gasteiger partial charge in [0.05, 0.1) is 46.3 Å². The second-order valence-electron chi connectivity index (χ2n) is 18.8. The SMILES string of the molecule is COc1ccc(C(OC[C@H]2O[C@@H](n3ccc(=O)[nH]c3=O)[C@H](N(C)C(=O)Cc3ccc4ccc5cccc6ccc3c4c56)[C@@H]2OP(OCCC#N)N(C(C)C)C(C)C)(c2ccccc2)c2ccc(OC)cc2)cc1. The molecule has 8 aromatic rings. The van der Waals surface area contributed by atoms with Crippen molar-refractivity contribution in [2.75, 3.05) is 34.5 Å². The predicted molar refractivity (Wildman–Crippen MR) is 284 cm³/mol. The van der Waals surface area contributed by atoms with Gasteiger partial charge in [-0.1, -0.05) is 109 Å². The zero-order valence-corrected chi connectivity index (χ0v) is 43.0. The first-order valence-electron chi connectivity index (χ1n) is 24.5. The zero-order chi connectivity index (χ0) is 51.4. The number of H-pyrrole nitrogens is 1. The summed E-state index contributed by atoms with van der Waals surface area (Å²) in [6.07, 6.45) is -1.74. The lowest BCUT2D eigenvalue weighted by molar-refractivity contribution is -0.135. The van der Waals surface area contributed by atoms with Crippen LogP contribution in [-0.4, -0.2) is 89.8 Å². The molecule has 5 atom stereocenters. The van der Waals surface area contributed by atoms with E-state index in [-0.39, 0.29) is 44.0 Å². The molecule has 0 radical (unpaired) electrons. The lowest BCUT2D eigenvalue weighted by Crippen LogP contribution is -2.51. The molecule has 1 unspecified atom stereocenters. The van der Waals surface area contributed by atoms with E-state index in [2.05, 4.69) is 58.2 Å². The first-order valence-corrected chi connectivity index (χ1v) is 25.6. The number of ether oxygens (including phenoxy) is 4. The van der Waals surface area contributed by atoms with Crippen LogP contribution in [0.5, 0.6) is 11.5 Å². The van der Waals surface area contributed by atoms with Gasteiger partial charge in [0.25, 0.3) is 14.1 Å². The number of carbonyl (C=O) groups is 1. The maximum atomic E-state index is 15.3. The number of nitriles is 1. The molecule has 73 heavy (non-hydrogen) atoms. The molecular weight excluding hydrogens is 942 g/mol. The summed E-state index contributed by atoms with van der Waals surface area (Å²) in [6, 6.07) is 46.2. The zero-order valence-electron chi connectivity index (χ0n) is 42.1. The van der Waals surface area contributed by atoms with Crippen LogP contribution < -0.4 is 20.7 Å². The molecule has 14 nitrogen and oxygen atoms in total. The number of methoxy groups -OCH3 is 2. The van der Waals surface area contributed by atoms with Crippen LogP contribution in [0.25, 0.3) is 32.3 Å². The molecule has 1 amide bonds. The lowest BCUT2D eigenvalue weighted by Gasteiger charge is -2.40. The number of rotatable bonds is 20. The fourth-order valence-electron chi connectivity index (χ4n) is 10.3. The summed E-state index contributed by atoms with van der Waals surface area (Å²) in [5.41, 5.74) is 0.576. The van der Waals surface area contributed by atoms with Crippen molar-refractivity contribution in [2.24, 2.45) is 0 Å². The molecule has 376 valence electrons. The predicted octanol–water partition coefficient (Wildman–Crippen LogP) is 10.1. The highest BCUT2D eigenvalue weighted by molar-refractivity contribution is 7.44. The van der Waals surface area contributed by atoms with Crippen molar-refractivity contribution in [3.8, 4) is 17.6 Å². The standard InChI is InChI=1S/C58H60N5O9P/c1-37(2)63(38(3)4)73(70-34-12-32-59)72-55-49(36-69-58(43-15-9-8-10-16-43,44-22-26-46(67-6)27-23-44)45-24-28-47(68-7)29-25-45)71-56(62-33-31-50(64)60-57(62)66)54(55)61(5)51(65)35-42-20-19-41-18-17-39-13-11-14-40-21-30-48(42)53(41)52(39)40/h8-11,13-31,33,37-38,49,54-56H,12,34-36H2,1-7H3,(H,60,64,66)/t49-,54-,55-,56-,73?/m1/s1. The van der Waals surface area contributed by atoms with Crippen molar-refractivity contribution in [1.29, 1.82) is 5.26 Å². The molecule has 0 spiro atoms. The fourth-order valence-corrected chi connectivity index (χ4v) is 12.1. The largest absolute Gasteiger partial charge is 0.497 e. The molecule has 9 rings (SSSR count).